The molecule has 2 aromatic rings. The van der Waals surface area contributed by atoms with Gasteiger partial charge in [0.15, 0.2) is 0 Å². The van der Waals surface area contributed by atoms with Gasteiger partial charge < -0.3 is 4.74 Å². The minimum absolute atomic E-state index is 0.164. The third-order valence-corrected chi connectivity index (χ3v) is 2.70. The maximum Gasteiger partial charge on any atom is 0.338 e. The Morgan fingerprint density at radius 2 is 1.70 bits per heavy atom. The molecule has 0 radical (unpaired) electrons. The SMILES string of the molecule is COC(=O)/C(=C/c1cccc(F)c1)c1cccc(F)c1. The third kappa shape index (κ3) is 3.29. The Balaban J connectivity index is 2.50. The standard InChI is InChI=1S/C16H12F2O2/c1-20-16(19)15(12-5-3-7-14(18)10-12)9-11-4-2-6-13(17)8-11/h2-10H,1H3/b15-9+. The molecule has 0 atom stereocenters. The maximum atomic E-state index is 13.3. The largest absolute Gasteiger partial charge is 0.465 e. The third-order valence-electron chi connectivity index (χ3n) is 2.70. The summed E-state index contributed by atoms with van der Waals surface area (Å²) in [5.41, 5.74) is 1.04. The van der Waals surface area contributed by atoms with Crippen LogP contribution in [0.25, 0.3) is 11.6 Å². The molecule has 0 spiro atoms. The van der Waals surface area contributed by atoms with Gasteiger partial charge in [-0.3, -0.25) is 0 Å². The van der Waals surface area contributed by atoms with E-state index in [9.17, 15) is 13.6 Å². The number of hydrogen-bond acceptors (Lipinski definition) is 2. The fourth-order valence-corrected chi connectivity index (χ4v) is 1.79. The first-order chi connectivity index (χ1) is 9.60. The first-order valence-corrected chi connectivity index (χ1v) is 5.91. The molecule has 0 N–H and O–H groups in total. The van der Waals surface area contributed by atoms with Gasteiger partial charge in [0.2, 0.25) is 0 Å². The van der Waals surface area contributed by atoms with Crippen LogP contribution in [0, 0.1) is 11.6 Å². The van der Waals surface area contributed by atoms with E-state index >= 15 is 0 Å². The van der Waals surface area contributed by atoms with Gasteiger partial charge in [-0.1, -0.05) is 24.3 Å². The fraction of sp³-hybridized carbons (Fsp3) is 0.0625. The molecule has 102 valence electrons. The Hall–Kier alpha value is -2.49. The molecule has 0 heterocycles. The van der Waals surface area contributed by atoms with Crippen LogP contribution >= 0.6 is 0 Å². The van der Waals surface area contributed by atoms with Crippen LogP contribution in [-0.2, 0) is 9.53 Å². The van der Waals surface area contributed by atoms with Crippen LogP contribution in [0.5, 0.6) is 0 Å². The van der Waals surface area contributed by atoms with Crippen molar-refractivity contribution in [3.8, 4) is 0 Å². The van der Waals surface area contributed by atoms with Crippen molar-refractivity contribution >= 4 is 17.6 Å². The van der Waals surface area contributed by atoms with Gasteiger partial charge in [0.25, 0.3) is 0 Å². The lowest BCUT2D eigenvalue weighted by Gasteiger charge is -2.06. The minimum Gasteiger partial charge on any atom is -0.465 e. The van der Waals surface area contributed by atoms with Gasteiger partial charge >= 0.3 is 5.97 Å². The number of halogens is 2. The number of carbonyl (C=O) groups is 1. The second-order valence-corrected chi connectivity index (χ2v) is 4.11. The van der Waals surface area contributed by atoms with Crippen molar-refractivity contribution in [2.75, 3.05) is 7.11 Å². The maximum absolute atomic E-state index is 13.3. The molecule has 0 unspecified atom stereocenters. The number of esters is 1. The fourth-order valence-electron chi connectivity index (χ4n) is 1.79. The average Bonchev–Trinajstić information content (AvgIpc) is 2.44. The van der Waals surface area contributed by atoms with E-state index < -0.39 is 17.6 Å². The number of carbonyl (C=O) groups excluding carboxylic acids is 1. The molecule has 2 rings (SSSR count). The van der Waals surface area contributed by atoms with Crippen molar-refractivity contribution < 1.29 is 18.3 Å². The van der Waals surface area contributed by atoms with E-state index in [1.807, 2.05) is 0 Å². The van der Waals surface area contributed by atoms with Gasteiger partial charge in [0.05, 0.1) is 12.7 Å². The minimum atomic E-state index is -0.611. The van der Waals surface area contributed by atoms with Gasteiger partial charge in [-0.15, -0.1) is 0 Å². The Kier molecular flexibility index (Phi) is 4.25. The smallest absolute Gasteiger partial charge is 0.338 e. The van der Waals surface area contributed by atoms with Crippen LogP contribution in [0.3, 0.4) is 0 Å². The Labute approximate surface area is 115 Å². The van der Waals surface area contributed by atoms with Crippen LogP contribution in [0.1, 0.15) is 11.1 Å². The monoisotopic (exact) mass is 274 g/mol. The van der Waals surface area contributed by atoms with E-state index in [1.54, 1.807) is 12.1 Å². The van der Waals surface area contributed by atoms with E-state index in [2.05, 4.69) is 4.74 Å². The molecule has 0 aliphatic heterocycles. The molecular weight excluding hydrogens is 262 g/mol. The molecule has 0 aliphatic carbocycles. The number of rotatable bonds is 3. The quantitative estimate of drug-likeness (QED) is 0.485. The number of benzene rings is 2. The van der Waals surface area contributed by atoms with Gasteiger partial charge in [0, 0.05) is 0 Å². The van der Waals surface area contributed by atoms with Crippen LogP contribution in [0.2, 0.25) is 0 Å². The number of methoxy groups -OCH3 is 1. The molecular formula is C16H12F2O2. The van der Waals surface area contributed by atoms with Crippen LogP contribution < -0.4 is 0 Å². The molecule has 2 nitrogen and oxygen atoms in total. The van der Waals surface area contributed by atoms with Crippen molar-refractivity contribution in [3.63, 3.8) is 0 Å². The van der Waals surface area contributed by atoms with E-state index in [1.165, 1.54) is 49.6 Å². The summed E-state index contributed by atoms with van der Waals surface area (Å²) in [6.07, 6.45) is 1.46. The van der Waals surface area contributed by atoms with Crippen molar-refractivity contribution in [3.05, 3.63) is 71.3 Å². The highest BCUT2D eigenvalue weighted by Crippen LogP contribution is 2.21. The second kappa shape index (κ2) is 6.10. The van der Waals surface area contributed by atoms with Crippen LogP contribution in [0.15, 0.2) is 48.5 Å². The Morgan fingerprint density at radius 3 is 2.30 bits per heavy atom. The predicted molar refractivity (Wildman–Crippen MR) is 72.7 cm³/mol. The van der Waals surface area contributed by atoms with Crippen molar-refractivity contribution in [1.82, 2.24) is 0 Å². The summed E-state index contributed by atoms with van der Waals surface area (Å²) in [6.45, 7) is 0. The topological polar surface area (TPSA) is 26.3 Å². The van der Waals surface area contributed by atoms with Crippen molar-refractivity contribution in [1.29, 1.82) is 0 Å². The van der Waals surface area contributed by atoms with E-state index in [4.69, 9.17) is 0 Å². The molecule has 0 aromatic heterocycles. The molecule has 0 amide bonds. The predicted octanol–water partition coefficient (Wildman–Crippen LogP) is 3.68. The van der Waals surface area contributed by atoms with Gasteiger partial charge in [-0.05, 0) is 41.5 Å². The van der Waals surface area contributed by atoms with Gasteiger partial charge in [-0.25, -0.2) is 13.6 Å². The second-order valence-electron chi connectivity index (χ2n) is 4.11. The summed E-state index contributed by atoms with van der Waals surface area (Å²) in [6, 6.07) is 11.3. The highest BCUT2D eigenvalue weighted by atomic mass is 19.1. The highest BCUT2D eigenvalue weighted by molar-refractivity contribution is 6.21. The number of hydrogen-bond donors (Lipinski definition) is 0. The van der Waals surface area contributed by atoms with E-state index in [-0.39, 0.29) is 5.57 Å². The van der Waals surface area contributed by atoms with Crippen molar-refractivity contribution in [2.24, 2.45) is 0 Å². The summed E-state index contributed by atoms with van der Waals surface area (Å²) in [5.74, 6) is -1.49. The van der Waals surface area contributed by atoms with Gasteiger partial charge in [0.1, 0.15) is 11.6 Å². The van der Waals surface area contributed by atoms with Crippen molar-refractivity contribution in [2.45, 2.75) is 0 Å². The zero-order chi connectivity index (χ0) is 14.5. The molecule has 20 heavy (non-hydrogen) atoms. The molecule has 0 aliphatic rings. The summed E-state index contributed by atoms with van der Waals surface area (Å²) in [4.78, 5) is 11.8. The van der Waals surface area contributed by atoms with Gasteiger partial charge in [-0.2, -0.15) is 0 Å². The Morgan fingerprint density at radius 1 is 1.05 bits per heavy atom. The molecule has 0 saturated heterocycles. The van der Waals surface area contributed by atoms with Crippen LogP contribution in [0.4, 0.5) is 8.78 Å². The molecule has 2 aromatic carbocycles. The van der Waals surface area contributed by atoms with E-state index in [0.717, 1.165) is 0 Å². The normalized spacial score (nSPS) is 11.2. The molecule has 4 heteroatoms. The Bertz CT molecular complexity index is 663. The van der Waals surface area contributed by atoms with E-state index in [0.29, 0.717) is 11.1 Å². The molecule has 0 bridgehead atoms. The average molecular weight is 274 g/mol. The zero-order valence-corrected chi connectivity index (χ0v) is 10.8. The summed E-state index contributed by atoms with van der Waals surface area (Å²) in [7, 11) is 1.24. The summed E-state index contributed by atoms with van der Waals surface area (Å²) >= 11 is 0. The lowest BCUT2D eigenvalue weighted by Crippen LogP contribution is -2.04. The molecule has 0 fully saturated rings. The first kappa shape index (κ1) is 13.9. The highest BCUT2D eigenvalue weighted by Gasteiger charge is 2.13. The first-order valence-electron chi connectivity index (χ1n) is 5.91. The number of ether oxygens (including phenoxy) is 1. The van der Waals surface area contributed by atoms with Crippen LogP contribution in [-0.4, -0.2) is 13.1 Å². The summed E-state index contributed by atoms with van der Waals surface area (Å²) in [5, 5.41) is 0. The lowest BCUT2D eigenvalue weighted by molar-refractivity contribution is -0.133. The zero-order valence-electron chi connectivity index (χ0n) is 10.8. The summed E-state index contributed by atoms with van der Waals surface area (Å²) < 4.78 is 31.1. The lowest BCUT2D eigenvalue weighted by atomic mass is 10.0. The molecule has 0 saturated carbocycles.